The smallest absolute Gasteiger partial charge is 0.142 e. The molecule has 1 unspecified atom stereocenters. The minimum atomic E-state index is -0.407. The molecule has 1 atom stereocenters. The van der Waals surface area contributed by atoms with E-state index in [0.717, 1.165) is 16.7 Å². The van der Waals surface area contributed by atoms with Crippen molar-refractivity contribution < 1.29 is 4.39 Å². The molecule has 0 spiro atoms. The van der Waals surface area contributed by atoms with Crippen LogP contribution < -0.4 is 5.32 Å². The van der Waals surface area contributed by atoms with Crippen molar-refractivity contribution in [3.8, 4) is 0 Å². The molecule has 2 nitrogen and oxygen atoms in total. The van der Waals surface area contributed by atoms with E-state index in [1.807, 2.05) is 26.1 Å². The highest BCUT2D eigenvalue weighted by Crippen LogP contribution is 2.26. The highest BCUT2D eigenvalue weighted by molar-refractivity contribution is 6.30. The van der Waals surface area contributed by atoms with Gasteiger partial charge in [0.15, 0.2) is 0 Å². The van der Waals surface area contributed by atoms with Crippen molar-refractivity contribution in [2.75, 3.05) is 7.05 Å². The van der Waals surface area contributed by atoms with E-state index in [9.17, 15) is 4.39 Å². The third-order valence-corrected chi connectivity index (χ3v) is 3.26. The van der Waals surface area contributed by atoms with Gasteiger partial charge >= 0.3 is 0 Å². The third kappa shape index (κ3) is 2.52. The Hall–Kier alpha value is -1.45. The van der Waals surface area contributed by atoms with Crippen LogP contribution in [0.5, 0.6) is 0 Å². The summed E-state index contributed by atoms with van der Waals surface area (Å²) in [5.74, 6) is -0.407. The molecule has 4 heteroatoms. The summed E-state index contributed by atoms with van der Waals surface area (Å²) in [6.45, 7) is 2.01. The second-order valence-electron chi connectivity index (χ2n) is 4.13. The van der Waals surface area contributed by atoms with Gasteiger partial charge in [0.25, 0.3) is 0 Å². The van der Waals surface area contributed by atoms with Crippen LogP contribution in [0.25, 0.3) is 0 Å². The van der Waals surface area contributed by atoms with Gasteiger partial charge in [0.05, 0.1) is 11.1 Å². The summed E-state index contributed by atoms with van der Waals surface area (Å²) >= 11 is 5.70. The molecule has 0 amide bonds. The Morgan fingerprint density at radius 3 is 2.72 bits per heavy atom. The number of nitrogens with zero attached hydrogens (tertiary/aromatic N) is 1. The second kappa shape index (κ2) is 5.46. The number of hydrogen-bond acceptors (Lipinski definition) is 2. The fourth-order valence-corrected chi connectivity index (χ4v) is 2.09. The van der Waals surface area contributed by atoms with Crippen LogP contribution in [0.3, 0.4) is 0 Å². The van der Waals surface area contributed by atoms with Crippen LogP contribution >= 0.6 is 11.6 Å². The lowest BCUT2D eigenvalue weighted by atomic mass is 9.97. The largest absolute Gasteiger partial charge is 0.309 e. The van der Waals surface area contributed by atoms with E-state index in [-0.39, 0.29) is 11.1 Å². The Morgan fingerprint density at radius 2 is 2.11 bits per heavy atom. The average Bonchev–Trinajstić information content (AvgIpc) is 2.37. The van der Waals surface area contributed by atoms with E-state index in [2.05, 4.69) is 10.3 Å². The number of hydrogen-bond donors (Lipinski definition) is 1. The number of benzene rings is 1. The molecule has 0 saturated heterocycles. The maximum atomic E-state index is 13.5. The Kier molecular flexibility index (Phi) is 3.94. The summed E-state index contributed by atoms with van der Waals surface area (Å²) < 4.78 is 13.5. The number of aromatic nitrogens is 1. The predicted octanol–water partition coefficient (Wildman–Crippen LogP) is 3.49. The highest BCUT2D eigenvalue weighted by atomic mass is 35.5. The van der Waals surface area contributed by atoms with Gasteiger partial charge in [-0.25, -0.2) is 4.39 Å². The molecule has 0 aliphatic carbocycles. The fraction of sp³-hybridized carbons (Fsp3) is 0.214. The Balaban J connectivity index is 2.45. The average molecular weight is 265 g/mol. The topological polar surface area (TPSA) is 24.9 Å². The number of halogens is 2. The van der Waals surface area contributed by atoms with Crippen LogP contribution in [0.2, 0.25) is 5.02 Å². The van der Waals surface area contributed by atoms with Gasteiger partial charge in [-0.05, 0) is 48.9 Å². The Labute approximate surface area is 111 Å². The molecular weight excluding hydrogens is 251 g/mol. The molecule has 0 bridgehead atoms. The molecule has 0 radical (unpaired) electrons. The first-order valence-corrected chi connectivity index (χ1v) is 6.04. The van der Waals surface area contributed by atoms with Crippen molar-refractivity contribution in [1.29, 1.82) is 0 Å². The summed E-state index contributed by atoms with van der Waals surface area (Å²) in [4.78, 5) is 4.12. The van der Waals surface area contributed by atoms with Crippen molar-refractivity contribution in [2.45, 2.75) is 13.0 Å². The number of aryl methyl sites for hydroxylation is 1. The summed E-state index contributed by atoms with van der Waals surface area (Å²) in [5.41, 5.74) is 2.97. The lowest BCUT2D eigenvalue weighted by Gasteiger charge is -2.19. The van der Waals surface area contributed by atoms with Crippen molar-refractivity contribution in [3.05, 3.63) is 64.2 Å². The lowest BCUT2D eigenvalue weighted by Crippen LogP contribution is -2.19. The Bertz CT molecular complexity index is 557. The number of nitrogens with one attached hydrogen (secondary N) is 1. The van der Waals surface area contributed by atoms with Crippen LogP contribution in [-0.4, -0.2) is 12.0 Å². The first kappa shape index (κ1) is 13.0. The van der Waals surface area contributed by atoms with Gasteiger partial charge in [-0.3, -0.25) is 4.98 Å². The van der Waals surface area contributed by atoms with Gasteiger partial charge in [0, 0.05) is 12.4 Å². The van der Waals surface area contributed by atoms with Gasteiger partial charge in [0.1, 0.15) is 5.82 Å². The molecule has 94 valence electrons. The normalized spacial score (nSPS) is 12.4. The van der Waals surface area contributed by atoms with E-state index in [4.69, 9.17) is 11.6 Å². The molecule has 0 fully saturated rings. The standard InChI is InChI=1S/C14H14ClFN2/c1-9-5-6-18-8-11(9)14(17-2)10-3-4-12(15)13(16)7-10/h3-8,14,17H,1-2H3. The van der Waals surface area contributed by atoms with E-state index in [1.54, 1.807) is 18.5 Å². The first-order valence-electron chi connectivity index (χ1n) is 5.66. The zero-order valence-electron chi connectivity index (χ0n) is 10.2. The minimum absolute atomic E-state index is 0.0922. The molecular formula is C14H14ClFN2. The zero-order chi connectivity index (χ0) is 13.1. The van der Waals surface area contributed by atoms with Gasteiger partial charge in [-0.2, -0.15) is 0 Å². The molecule has 1 heterocycles. The van der Waals surface area contributed by atoms with Gasteiger partial charge < -0.3 is 5.32 Å². The Morgan fingerprint density at radius 1 is 1.33 bits per heavy atom. The highest BCUT2D eigenvalue weighted by Gasteiger charge is 2.15. The van der Waals surface area contributed by atoms with Gasteiger partial charge in [0.2, 0.25) is 0 Å². The first-order chi connectivity index (χ1) is 8.63. The van der Waals surface area contributed by atoms with Gasteiger partial charge in [-0.15, -0.1) is 0 Å². The number of pyridine rings is 1. The maximum Gasteiger partial charge on any atom is 0.142 e. The monoisotopic (exact) mass is 264 g/mol. The molecule has 1 aromatic heterocycles. The molecule has 1 aromatic carbocycles. The molecule has 18 heavy (non-hydrogen) atoms. The summed E-state index contributed by atoms with van der Waals surface area (Å²) in [5, 5.41) is 3.31. The third-order valence-electron chi connectivity index (χ3n) is 2.96. The molecule has 1 N–H and O–H groups in total. The summed E-state index contributed by atoms with van der Waals surface area (Å²) in [7, 11) is 1.84. The van der Waals surface area contributed by atoms with Crippen molar-refractivity contribution >= 4 is 11.6 Å². The minimum Gasteiger partial charge on any atom is -0.309 e. The summed E-state index contributed by atoms with van der Waals surface area (Å²) in [6, 6.07) is 6.69. The van der Waals surface area contributed by atoms with Crippen LogP contribution in [0.15, 0.2) is 36.7 Å². The molecule has 2 aromatic rings. The van der Waals surface area contributed by atoms with E-state index >= 15 is 0 Å². The van der Waals surface area contributed by atoms with E-state index in [1.165, 1.54) is 6.07 Å². The second-order valence-corrected chi connectivity index (χ2v) is 4.53. The van der Waals surface area contributed by atoms with Gasteiger partial charge in [-0.1, -0.05) is 17.7 Å². The SMILES string of the molecule is CNC(c1ccc(Cl)c(F)c1)c1cnccc1C. The molecule has 0 saturated carbocycles. The fourth-order valence-electron chi connectivity index (χ4n) is 1.97. The van der Waals surface area contributed by atoms with E-state index < -0.39 is 5.82 Å². The summed E-state index contributed by atoms with van der Waals surface area (Å²) in [6.07, 6.45) is 3.54. The zero-order valence-corrected chi connectivity index (χ0v) is 11.0. The molecule has 2 rings (SSSR count). The molecule has 0 aliphatic rings. The lowest BCUT2D eigenvalue weighted by molar-refractivity contribution is 0.616. The number of rotatable bonds is 3. The van der Waals surface area contributed by atoms with Crippen LogP contribution in [0, 0.1) is 12.7 Å². The maximum absolute atomic E-state index is 13.5. The molecule has 0 aliphatic heterocycles. The van der Waals surface area contributed by atoms with Crippen molar-refractivity contribution in [2.24, 2.45) is 0 Å². The van der Waals surface area contributed by atoms with Crippen LogP contribution in [0.4, 0.5) is 4.39 Å². The quantitative estimate of drug-likeness (QED) is 0.918. The van der Waals surface area contributed by atoms with E-state index in [0.29, 0.717) is 0 Å². The van der Waals surface area contributed by atoms with Crippen LogP contribution in [0.1, 0.15) is 22.7 Å². The van der Waals surface area contributed by atoms with Crippen molar-refractivity contribution in [1.82, 2.24) is 10.3 Å². The van der Waals surface area contributed by atoms with Crippen LogP contribution in [-0.2, 0) is 0 Å². The van der Waals surface area contributed by atoms with Crippen molar-refractivity contribution in [3.63, 3.8) is 0 Å². The predicted molar refractivity (Wildman–Crippen MR) is 71.3 cm³/mol.